The van der Waals surface area contributed by atoms with Crippen molar-refractivity contribution >= 4 is 29.9 Å². The fourth-order valence-electron chi connectivity index (χ4n) is 2.63. The van der Waals surface area contributed by atoms with Crippen LogP contribution in [-0.4, -0.2) is 56.3 Å². The number of carbonyl (C=O) groups excluding carboxylic acids is 4. The van der Waals surface area contributed by atoms with Crippen molar-refractivity contribution in [1.82, 2.24) is 10.6 Å². The number of hydrogen-bond donors (Lipinski definition) is 3. The number of benzene rings is 1. The largest absolute Gasteiger partial charge is 0.464 e. The Morgan fingerprint density at radius 2 is 1.76 bits per heavy atom. The van der Waals surface area contributed by atoms with Crippen LogP contribution in [0.3, 0.4) is 0 Å². The predicted molar refractivity (Wildman–Crippen MR) is 122 cm³/mol. The van der Waals surface area contributed by atoms with Crippen LogP contribution in [0.25, 0.3) is 0 Å². The van der Waals surface area contributed by atoms with Gasteiger partial charge in [0.2, 0.25) is 18.2 Å². The number of unbranched alkanes of at least 4 members (excludes halogenated alkanes) is 1. The minimum absolute atomic E-state index is 0.110. The number of ether oxygens (including phenoxy) is 3. The number of anilines is 1. The average Bonchev–Trinajstić information content (AvgIpc) is 2.79. The smallest absolute Gasteiger partial charge is 0.332 e. The molecule has 0 saturated carbocycles. The van der Waals surface area contributed by atoms with Crippen molar-refractivity contribution in [3.63, 3.8) is 0 Å². The number of amides is 3. The predicted octanol–water partition coefficient (Wildman–Crippen LogP) is 1.73. The molecule has 0 spiro atoms. The summed E-state index contributed by atoms with van der Waals surface area (Å²) in [6, 6.07) is 6.28. The molecule has 2 atom stereocenters. The lowest BCUT2D eigenvalue weighted by Gasteiger charge is -2.19. The van der Waals surface area contributed by atoms with Gasteiger partial charge >= 0.3 is 5.97 Å². The molecule has 3 N–H and O–H groups in total. The van der Waals surface area contributed by atoms with Gasteiger partial charge in [0.05, 0.1) is 19.8 Å². The van der Waals surface area contributed by atoms with Crippen molar-refractivity contribution in [1.29, 1.82) is 0 Å². The molecule has 0 aromatic heterocycles. The van der Waals surface area contributed by atoms with Gasteiger partial charge in [0.1, 0.15) is 12.6 Å². The Hall–Kier alpha value is -2.98. The first-order valence-corrected chi connectivity index (χ1v) is 11.0. The molecular weight excluding hydrogens is 430 g/mol. The molecular formula is C23H35N3O7. The number of esters is 1. The van der Waals surface area contributed by atoms with E-state index in [0.717, 1.165) is 18.4 Å². The van der Waals surface area contributed by atoms with Gasteiger partial charge in [-0.1, -0.05) is 39.3 Å². The second-order valence-corrected chi connectivity index (χ2v) is 7.73. The van der Waals surface area contributed by atoms with Crippen molar-refractivity contribution in [3.8, 4) is 0 Å². The first kappa shape index (κ1) is 28.1. The summed E-state index contributed by atoms with van der Waals surface area (Å²) in [5.74, 6) is -1.35. The van der Waals surface area contributed by atoms with Crippen molar-refractivity contribution in [2.24, 2.45) is 5.92 Å². The fourth-order valence-corrected chi connectivity index (χ4v) is 2.63. The Morgan fingerprint density at radius 3 is 2.36 bits per heavy atom. The molecule has 2 unspecified atom stereocenters. The van der Waals surface area contributed by atoms with Crippen LogP contribution in [0.4, 0.5) is 5.69 Å². The molecule has 184 valence electrons. The van der Waals surface area contributed by atoms with E-state index in [2.05, 4.69) is 16.0 Å². The lowest BCUT2D eigenvalue weighted by Crippen LogP contribution is -2.48. The second-order valence-electron chi connectivity index (χ2n) is 7.73. The maximum Gasteiger partial charge on any atom is 0.332 e. The highest BCUT2D eigenvalue weighted by atomic mass is 16.7. The zero-order chi connectivity index (χ0) is 24.6. The summed E-state index contributed by atoms with van der Waals surface area (Å²) < 4.78 is 15.9. The van der Waals surface area contributed by atoms with Gasteiger partial charge < -0.3 is 30.2 Å². The van der Waals surface area contributed by atoms with Crippen LogP contribution >= 0.6 is 0 Å². The molecule has 0 fully saturated rings. The monoisotopic (exact) mass is 465 g/mol. The summed E-state index contributed by atoms with van der Waals surface area (Å²) in [4.78, 5) is 46.3. The van der Waals surface area contributed by atoms with Crippen LogP contribution in [0.1, 0.15) is 46.1 Å². The molecule has 10 nitrogen and oxygen atoms in total. The number of nitrogens with one attached hydrogen (secondary N) is 3. The van der Waals surface area contributed by atoms with Crippen molar-refractivity contribution in [3.05, 3.63) is 29.8 Å². The lowest BCUT2D eigenvalue weighted by molar-refractivity contribution is -0.171. The van der Waals surface area contributed by atoms with Gasteiger partial charge in [-0.25, -0.2) is 4.79 Å². The van der Waals surface area contributed by atoms with Gasteiger partial charge in [-0.05, 0) is 37.0 Å². The molecule has 3 amide bonds. The van der Waals surface area contributed by atoms with Gasteiger partial charge in [-0.15, -0.1) is 0 Å². The van der Waals surface area contributed by atoms with Crippen molar-refractivity contribution in [2.45, 2.75) is 59.5 Å². The Balaban J connectivity index is 2.35. The minimum atomic E-state index is -0.701. The van der Waals surface area contributed by atoms with E-state index < -0.39 is 30.1 Å². The highest BCUT2D eigenvalue weighted by Gasteiger charge is 2.21. The van der Waals surface area contributed by atoms with Crippen molar-refractivity contribution < 1.29 is 33.4 Å². The fraction of sp³-hybridized carbons (Fsp3) is 0.565. The van der Waals surface area contributed by atoms with E-state index in [1.54, 1.807) is 45.0 Å². The zero-order valence-electron chi connectivity index (χ0n) is 19.7. The quantitative estimate of drug-likeness (QED) is 0.147. The Labute approximate surface area is 194 Å². The summed E-state index contributed by atoms with van der Waals surface area (Å²) >= 11 is 0. The number of hydrogen-bond acceptors (Lipinski definition) is 7. The topological polar surface area (TPSA) is 132 Å². The summed E-state index contributed by atoms with van der Waals surface area (Å²) in [7, 11) is 0. The lowest BCUT2D eigenvalue weighted by atomic mass is 10.0. The molecule has 1 aromatic rings. The molecule has 1 rings (SSSR count). The molecule has 33 heavy (non-hydrogen) atoms. The molecule has 0 aliphatic heterocycles. The number of rotatable bonds is 16. The van der Waals surface area contributed by atoms with E-state index in [9.17, 15) is 19.2 Å². The molecule has 0 heterocycles. The average molecular weight is 466 g/mol. The van der Waals surface area contributed by atoms with E-state index in [0.29, 0.717) is 18.7 Å². The van der Waals surface area contributed by atoms with E-state index in [-0.39, 0.29) is 25.7 Å². The summed E-state index contributed by atoms with van der Waals surface area (Å²) in [5, 5.41) is 7.63. The first-order chi connectivity index (χ1) is 15.8. The van der Waals surface area contributed by atoms with Crippen molar-refractivity contribution in [2.75, 3.05) is 25.1 Å². The molecule has 0 radical (unpaired) electrons. The highest BCUT2D eigenvalue weighted by molar-refractivity contribution is 5.95. The third-order valence-corrected chi connectivity index (χ3v) is 4.54. The second kappa shape index (κ2) is 15.8. The summed E-state index contributed by atoms with van der Waals surface area (Å²) in [6.45, 7) is 7.55. The molecule has 0 saturated heterocycles. The van der Waals surface area contributed by atoms with E-state index >= 15 is 0 Å². The molecule has 0 bridgehead atoms. The standard InChI is InChI=1S/C23H35N3O7/c1-5-6-11-31-21(29)14-33-17(4)32-13-18-7-9-19(10-8-18)26-20(28)12-24-23(30)22(16(2)3)25-15-27/h7-10,15-17,22H,5-6,11-14H2,1-4H3,(H,24,30)(H,25,27)(H,26,28). The maximum atomic E-state index is 12.1. The van der Waals surface area contributed by atoms with E-state index in [4.69, 9.17) is 14.2 Å². The maximum absolute atomic E-state index is 12.1. The molecule has 10 heteroatoms. The van der Waals surface area contributed by atoms with E-state index in [1.807, 2.05) is 6.92 Å². The van der Waals surface area contributed by atoms with Crippen LogP contribution in [0.5, 0.6) is 0 Å². The van der Waals surface area contributed by atoms with E-state index in [1.165, 1.54) is 0 Å². The normalized spacial score (nSPS) is 12.5. The molecule has 0 aliphatic rings. The van der Waals surface area contributed by atoms with Gasteiger partial charge in [-0.2, -0.15) is 0 Å². The molecule has 0 aliphatic carbocycles. The van der Waals surface area contributed by atoms with Crippen LogP contribution in [-0.2, 0) is 40.0 Å². The van der Waals surface area contributed by atoms with Gasteiger partial charge in [-0.3, -0.25) is 14.4 Å². The van der Waals surface area contributed by atoms with Gasteiger partial charge in [0, 0.05) is 5.69 Å². The van der Waals surface area contributed by atoms with Crippen LogP contribution in [0.15, 0.2) is 24.3 Å². The summed E-state index contributed by atoms with van der Waals surface area (Å²) in [5.41, 5.74) is 1.41. The van der Waals surface area contributed by atoms with Gasteiger partial charge in [0.15, 0.2) is 6.29 Å². The third kappa shape index (κ3) is 12.0. The SMILES string of the molecule is CCCCOC(=O)COC(C)OCc1ccc(NC(=O)CNC(=O)C(NC=O)C(C)C)cc1. The Kier molecular flexibility index (Phi) is 13.4. The molecule has 1 aromatic carbocycles. The van der Waals surface area contributed by atoms with Gasteiger partial charge in [0.25, 0.3) is 0 Å². The minimum Gasteiger partial charge on any atom is -0.464 e. The van der Waals surface area contributed by atoms with Crippen LogP contribution in [0.2, 0.25) is 0 Å². The first-order valence-electron chi connectivity index (χ1n) is 11.0. The third-order valence-electron chi connectivity index (χ3n) is 4.54. The number of carbonyl (C=O) groups is 4. The highest BCUT2D eigenvalue weighted by Crippen LogP contribution is 2.11. The Bertz CT molecular complexity index is 753. The summed E-state index contributed by atoms with van der Waals surface area (Å²) in [6.07, 6.45) is 1.65. The zero-order valence-corrected chi connectivity index (χ0v) is 19.7. The van der Waals surface area contributed by atoms with Crippen LogP contribution < -0.4 is 16.0 Å². The Morgan fingerprint density at radius 1 is 1.06 bits per heavy atom. The van der Waals surface area contributed by atoms with Crippen LogP contribution in [0, 0.1) is 5.92 Å².